The first-order valence-corrected chi connectivity index (χ1v) is 11.5. The molecule has 0 fully saturated rings. The van der Waals surface area contributed by atoms with Crippen molar-refractivity contribution < 1.29 is 33.4 Å². The molecule has 1 heterocycles. The third kappa shape index (κ3) is 5.41. The molecular weight excluding hydrogens is 479 g/mol. The fraction of sp³-hybridized carbons (Fsp3) is 0.214. The molecule has 9 heteroatoms. The Kier molecular flexibility index (Phi) is 7.74. The predicted molar refractivity (Wildman–Crippen MR) is 135 cm³/mol. The highest BCUT2D eigenvalue weighted by Crippen LogP contribution is 2.39. The van der Waals surface area contributed by atoms with Crippen LogP contribution in [-0.4, -0.2) is 49.8 Å². The molecule has 0 spiro atoms. The summed E-state index contributed by atoms with van der Waals surface area (Å²) in [6, 6.07) is 14.3. The maximum Gasteiger partial charge on any atom is 0.274 e. The lowest BCUT2D eigenvalue weighted by Gasteiger charge is -2.30. The molecule has 0 radical (unpaired) electrons. The Hall–Kier alpha value is -4.37. The van der Waals surface area contributed by atoms with Crippen LogP contribution in [0.25, 0.3) is 11.6 Å². The van der Waals surface area contributed by atoms with Gasteiger partial charge in [-0.2, -0.15) is 0 Å². The van der Waals surface area contributed by atoms with Crippen LogP contribution in [0.3, 0.4) is 0 Å². The zero-order valence-electron chi connectivity index (χ0n) is 20.7. The number of hydroxylamine groups is 1. The summed E-state index contributed by atoms with van der Waals surface area (Å²) in [7, 11) is 4.52. The van der Waals surface area contributed by atoms with Crippen LogP contribution in [0.1, 0.15) is 32.6 Å². The molecule has 2 N–H and O–H groups in total. The van der Waals surface area contributed by atoms with E-state index in [4.69, 9.17) is 19.4 Å². The van der Waals surface area contributed by atoms with Crippen molar-refractivity contribution in [3.63, 3.8) is 0 Å². The van der Waals surface area contributed by atoms with E-state index in [1.807, 2.05) is 6.07 Å². The minimum atomic E-state index is -0.624. The molecule has 192 valence electrons. The first-order chi connectivity index (χ1) is 17.9. The average Bonchev–Trinajstić information content (AvgIpc) is 2.94. The number of nitrogens with zero attached hydrogens (tertiary/aromatic N) is 1. The van der Waals surface area contributed by atoms with E-state index in [9.17, 15) is 14.0 Å². The van der Waals surface area contributed by atoms with Gasteiger partial charge in [0.2, 0.25) is 5.75 Å². The summed E-state index contributed by atoms with van der Waals surface area (Å²) in [4.78, 5) is 27.4. The van der Waals surface area contributed by atoms with Gasteiger partial charge in [-0.05, 0) is 71.1 Å². The number of methoxy groups -OCH3 is 3. The van der Waals surface area contributed by atoms with E-state index in [1.165, 1.54) is 33.5 Å². The minimum absolute atomic E-state index is 0.261. The van der Waals surface area contributed by atoms with Crippen molar-refractivity contribution >= 4 is 23.5 Å². The number of amides is 2. The van der Waals surface area contributed by atoms with Gasteiger partial charge in [-0.15, -0.1) is 0 Å². The van der Waals surface area contributed by atoms with Crippen LogP contribution in [0.2, 0.25) is 0 Å². The fourth-order valence-corrected chi connectivity index (χ4v) is 4.36. The van der Waals surface area contributed by atoms with Gasteiger partial charge in [-0.3, -0.25) is 14.8 Å². The summed E-state index contributed by atoms with van der Waals surface area (Å²) in [5.41, 5.74) is 5.28. The predicted octanol–water partition coefficient (Wildman–Crippen LogP) is 4.10. The van der Waals surface area contributed by atoms with Gasteiger partial charge in [0.25, 0.3) is 11.8 Å². The fourth-order valence-electron chi connectivity index (χ4n) is 4.36. The quantitative estimate of drug-likeness (QED) is 0.217. The second kappa shape index (κ2) is 11.1. The second-order valence-corrected chi connectivity index (χ2v) is 8.42. The van der Waals surface area contributed by atoms with Crippen LogP contribution in [0.4, 0.5) is 4.39 Å². The lowest BCUT2D eigenvalue weighted by molar-refractivity contribution is -0.125. The van der Waals surface area contributed by atoms with Crippen molar-refractivity contribution in [1.29, 1.82) is 0 Å². The summed E-state index contributed by atoms with van der Waals surface area (Å²) >= 11 is 0. The molecule has 1 aliphatic heterocycles. The van der Waals surface area contributed by atoms with E-state index in [-0.39, 0.29) is 12.5 Å². The minimum Gasteiger partial charge on any atom is -0.493 e. The zero-order valence-corrected chi connectivity index (χ0v) is 20.7. The summed E-state index contributed by atoms with van der Waals surface area (Å²) in [6.07, 6.45) is 2.30. The Morgan fingerprint density at radius 3 is 2.16 bits per heavy atom. The number of hydrogen-bond donors (Lipinski definition) is 2. The Balaban J connectivity index is 1.75. The first-order valence-electron chi connectivity index (χ1n) is 11.5. The SMILES string of the molecule is COc1cc(/C=C(\C(=O)N2CCc3ccc(C(=O)NO)cc3C2)c2ccc(F)cc2)cc(OC)c1OC. The van der Waals surface area contributed by atoms with Crippen LogP contribution in [0.15, 0.2) is 54.6 Å². The van der Waals surface area contributed by atoms with Gasteiger partial charge in [-0.25, -0.2) is 9.87 Å². The number of hydrogen-bond acceptors (Lipinski definition) is 6. The number of rotatable bonds is 7. The van der Waals surface area contributed by atoms with Crippen LogP contribution in [0, 0.1) is 5.82 Å². The van der Waals surface area contributed by atoms with Gasteiger partial charge in [0, 0.05) is 24.2 Å². The maximum absolute atomic E-state index is 13.9. The lowest BCUT2D eigenvalue weighted by Crippen LogP contribution is -2.36. The molecule has 0 aliphatic carbocycles. The molecule has 1 aliphatic rings. The number of carbonyl (C=O) groups excluding carboxylic acids is 2. The smallest absolute Gasteiger partial charge is 0.274 e. The van der Waals surface area contributed by atoms with Crippen molar-refractivity contribution in [2.24, 2.45) is 0 Å². The molecule has 0 saturated heterocycles. The van der Waals surface area contributed by atoms with E-state index in [0.717, 1.165) is 11.1 Å². The van der Waals surface area contributed by atoms with Gasteiger partial charge in [0.1, 0.15) is 5.82 Å². The normalized spacial score (nSPS) is 13.0. The largest absolute Gasteiger partial charge is 0.493 e. The molecule has 2 amide bonds. The van der Waals surface area contributed by atoms with Crippen molar-refractivity contribution in [1.82, 2.24) is 10.4 Å². The Bertz CT molecular complexity index is 1330. The van der Waals surface area contributed by atoms with Crippen molar-refractivity contribution in [3.05, 3.63) is 88.2 Å². The van der Waals surface area contributed by atoms with E-state index in [2.05, 4.69) is 0 Å². The Morgan fingerprint density at radius 1 is 0.919 bits per heavy atom. The number of halogens is 1. The van der Waals surface area contributed by atoms with Crippen LogP contribution < -0.4 is 19.7 Å². The lowest BCUT2D eigenvalue weighted by atomic mass is 9.95. The first kappa shape index (κ1) is 25.7. The topological polar surface area (TPSA) is 97.3 Å². The van der Waals surface area contributed by atoms with E-state index >= 15 is 0 Å². The van der Waals surface area contributed by atoms with Crippen molar-refractivity contribution in [3.8, 4) is 17.2 Å². The van der Waals surface area contributed by atoms with Crippen LogP contribution in [0.5, 0.6) is 17.2 Å². The van der Waals surface area contributed by atoms with Crippen molar-refractivity contribution in [2.45, 2.75) is 13.0 Å². The molecule has 3 aromatic rings. The molecule has 0 saturated carbocycles. The molecule has 0 aromatic heterocycles. The standard InChI is InChI=1S/C28H27FN2O6/c1-35-24-13-17(14-25(36-2)26(24)37-3)12-23(19-6-8-22(29)9-7-19)28(33)31-11-10-18-4-5-20(27(32)30-34)15-21(18)16-31/h4-9,12-15,34H,10-11,16H2,1-3H3,(H,30,32)/b23-12-. The van der Waals surface area contributed by atoms with Crippen LogP contribution >= 0.6 is 0 Å². The van der Waals surface area contributed by atoms with E-state index < -0.39 is 11.7 Å². The highest BCUT2D eigenvalue weighted by Gasteiger charge is 2.25. The summed E-state index contributed by atoms with van der Waals surface area (Å²) in [5, 5.41) is 8.97. The van der Waals surface area contributed by atoms with Crippen molar-refractivity contribution in [2.75, 3.05) is 27.9 Å². The Morgan fingerprint density at radius 2 is 1.57 bits per heavy atom. The monoisotopic (exact) mass is 506 g/mol. The number of fused-ring (bicyclic) bond motifs is 1. The van der Waals surface area contributed by atoms with Gasteiger partial charge in [0.15, 0.2) is 11.5 Å². The molecule has 8 nitrogen and oxygen atoms in total. The molecular formula is C28H27FN2O6. The van der Waals surface area contributed by atoms with E-state index in [1.54, 1.807) is 52.9 Å². The Labute approximate surface area is 213 Å². The third-order valence-corrected chi connectivity index (χ3v) is 6.25. The highest BCUT2D eigenvalue weighted by atomic mass is 19.1. The molecule has 37 heavy (non-hydrogen) atoms. The number of carbonyl (C=O) groups is 2. The van der Waals surface area contributed by atoms with Gasteiger partial charge in [-0.1, -0.05) is 18.2 Å². The average molecular weight is 507 g/mol. The third-order valence-electron chi connectivity index (χ3n) is 6.25. The van der Waals surface area contributed by atoms with Gasteiger partial charge < -0.3 is 19.1 Å². The zero-order chi connectivity index (χ0) is 26.5. The van der Waals surface area contributed by atoms with E-state index in [0.29, 0.717) is 52.5 Å². The molecule has 0 atom stereocenters. The van der Waals surface area contributed by atoms with Gasteiger partial charge in [0.05, 0.1) is 21.3 Å². The van der Waals surface area contributed by atoms with Gasteiger partial charge >= 0.3 is 0 Å². The molecule has 4 rings (SSSR count). The molecule has 3 aromatic carbocycles. The highest BCUT2D eigenvalue weighted by molar-refractivity contribution is 6.24. The molecule has 0 unspecified atom stereocenters. The summed E-state index contributed by atoms with van der Waals surface area (Å²) < 4.78 is 30.0. The maximum atomic E-state index is 13.9. The molecule has 0 bridgehead atoms. The summed E-state index contributed by atoms with van der Waals surface area (Å²) in [5.74, 6) is -0.0122. The number of ether oxygens (including phenoxy) is 3. The van der Waals surface area contributed by atoms with Crippen LogP contribution in [-0.2, 0) is 17.8 Å². The number of benzene rings is 3. The second-order valence-electron chi connectivity index (χ2n) is 8.42. The summed E-state index contributed by atoms with van der Waals surface area (Å²) in [6.45, 7) is 0.736. The number of nitrogens with one attached hydrogen (secondary N) is 1.